The van der Waals surface area contributed by atoms with E-state index in [1.807, 2.05) is 24.7 Å². The molecule has 0 aliphatic carbocycles. The Kier molecular flexibility index (Phi) is 4.19. The monoisotopic (exact) mass is 262 g/mol. The van der Waals surface area contributed by atoms with Crippen molar-refractivity contribution in [3.8, 4) is 0 Å². The average molecular weight is 262 g/mol. The van der Waals surface area contributed by atoms with Crippen LogP contribution < -0.4 is 5.32 Å². The molecular formula is C13H22N6. The number of hydrogen-bond acceptors (Lipinski definition) is 4. The van der Waals surface area contributed by atoms with Crippen LogP contribution in [0.3, 0.4) is 0 Å². The number of aryl methyl sites for hydroxylation is 2. The van der Waals surface area contributed by atoms with Crippen molar-refractivity contribution in [2.45, 2.75) is 39.7 Å². The van der Waals surface area contributed by atoms with Crippen molar-refractivity contribution in [3.63, 3.8) is 0 Å². The van der Waals surface area contributed by atoms with E-state index < -0.39 is 0 Å². The highest BCUT2D eigenvalue weighted by Crippen LogP contribution is 2.20. The lowest BCUT2D eigenvalue weighted by molar-refractivity contribution is 0.576. The number of hydrogen-bond donors (Lipinski definition) is 1. The summed E-state index contributed by atoms with van der Waals surface area (Å²) < 4.78 is 4.06. The maximum Gasteiger partial charge on any atom is 0.203 e. The van der Waals surface area contributed by atoms with Crippen LogP contribution in [-0.4, -0.2) is 30.9 Å². The van der Waals surface area contributed by atoms with Crippen LogP contribution in [0.1, 0.15) is 44.2 Å². The van der Waals surface area contributed by atoms with Crippen LogP contribution in [-0.2, 0) is 7.05 Å². The van der Waals surface area contributed by atoms with Crippen LogP contribution in [0.5, 0.6) is 0 Å². The Morgan fingerprint density at radius 3 is 2.84 bits per heavy atom. The Morgan fingerprint density at radius 2 is 2.21 bits per heavy atom. The first kappa shape index (κ1) is 13.6. The summed E-state index contributed by atoms with van der Waals surface area (Å²) in [6, 6.07) is 0.109. The van der Waals surface area contributed by atoms with Crippen molar-refractivity contribution < 1.29 is 0 Å². The maximum atomic E-state index is 4.54. The van der Waals surface area contributed by atoms with Crippen LogP contribution in [0.2, 0.25) is 0 Å². The van der Waals surface area contributed by atoms with E-state index in [-0.39, 0.29) is 6.04 Å². The normalized spacial score (nSPS) is 12.6. The van der Waals surface area contributed by atoms with Gasteiger partial charge in [0.2, 0.25) is 5.95 Å². The molecule has 0 spiro atoms. The van der Waals surface area contributed by atoms with Crippen LogP contribution >= 0.6 is 0 Å². The second-order valence-corrected chi connectivity index (χ2v) is 4.87. The number of nitrogens with one attached hydrogen (secondary N) is 1. The van der Waals surface area contributed by atoms with E-state index in [0.717, 1.165) is 30.4 Å². The second-order valence-electron chi connectivity index (χ2n) is 4.87. The van der Waals surface area contributed by atoms with Gasteiger partial charge in [-0.15, -0.1) is 10.2 Å². The molecule has 1 atom stereocenters. The van der Waals surface area contributed by atoms with Gasteiger partial charge in [0.1, 0.15) is 6.33 Å². The van der Waals surface area contributed by atoms with Gasteiger partial charge in [-0.05, 0) is 20.3 Å². The van der Waals surface area contributed by atoms with Gasteiger partial charge >= 0.3 is 0 Å². The molecule has 19 heavy (non-hydrogen) atoms. The van der Waals surface area contributed by atoms with E-state index in [9.17, 15) is 0 Å². The van der Waals surface area contributed by atoms with Crippen LogP contribution in [0.25, 0.3) is 0 Å². The lowest BCUT2D eigenvalue weighted by atomic mass is 10.3. The molecule has 0 saturated heterocycles. The molecular weight excluding hydrogens is 240 g/mol. The maximum absolute atomic E-state index is 4.54. The molecule has 0 saturated carbocycles. The molecule has 2 aromatic rings. The first-order valence-corrected chi connectivity index (χ1v) is 6.76. The van der Waals surface area contributed by atoms with E-state index in [1.54, 1.807) is 6.33 Å². The van der Waals surface area contributed by atoms with E-state index in [4.69, 9.17) is 0 Å². The Labute approximate surface area is 113 Å². The lowest BCUT2D eigenvalue weighted by Gasteiger charge is -2.16. The Balaban J connectivity index is 2.21. The van der Waals surface area contributed by atoms with Gasteiger partial charge in [0, 0.05) is 19.8 Å². The first-order valence-electron chi connectivity index (χ1n) is 6.76. The van der Waals surface area contributed by atoms with Gasteiger partial charge in [-0.25, -0.2) is 4.98 Å². The zero-order chi connectivity index (χ0) is 13.8. The number of nitrogens with zero attached hydrogens (tertiary/aromatic N) is 5. The SMILES string of the molecule is CCCCNc1nc(C)cn1C(C)c1nncn1C. The Hall–Kier alpha value is -1.85. The summed E-state index contributed by atoms with van der Waals surface area (Å²) in [5.74, 6) is 1.83. The highest BCUT2D eigenvalue weighted by Gasteiger charge is 2.17. The molecule has 0 bridgehead atoms. The minimum Gasteiger partial charge on any atom is -0.356 e. The molecule has 2 rings (SSSR count). The predicted molar refractivity (Wildman–Crippen MR) is 75.2 cm³/mol. The minimum atomic E-state index is 0.109. The van der Waals surface area contributed by atoms with Crippen LogP contribution in [0.4, 0.5) is 5.95 Å². The van der Waals surface area contributed by atoms with Crippen molar-refractivity contribution >= 4 is 5.95 Å². The third kappa shape index (κ3) is 2.94. The van der Waals surface area contributed by atoms with Gasteiger partial charge in [0.25, 0.3) is 0 Å². The number of aromatic nitrogens is 5. The fraction of sp³-hybridized carbons (Fsp3) is 0.615. The molecule has 0 fully saturated rings. The summed E-state index contributed by atoms with van der Waals surface area (Å²) >= 11 is 0. The van der Waals surface area contributed by atoms with Crippen molar-refractivity contribution in [1.82, 2.24) is 24.3 Å². The predicted octanol–water partition coefficient (Wildman–Crippen LogP) is 2.14. The number of unbranched alkanes of at least 4 members (excludes halogenated alkanes) is 1. The third-order valence-electron chi connectivity index (χ3n) is 3.20. The summed E-state index contributed by atoms with van der Waals surface area (Å²) in [4.78, 5) is 4.54. The van der Waals surface area contributed by atoms with E-state index in [0.29, 0.717) is 0 Å². The third-order valence-corrected chi connectivity index (χ3v) is 3.20. The first-order chi connectivity index (χ1) is 9.13. The van der Waals surface area contributed by atoms with Crippen LogP contribution in [0.15, 0.2) is 12.5 Å². The molecule has 0 aliphatic heterocycles. The molecule has 2 aromatic heterocycles. The van der Waals surface area contributed by atoms with E-state index in [2.05, 4.69) is 38.9 Å². The summed E-state index contributed by atoms with van der Waals surface area (Å²) in [5.41, 5.74) is 1.01. The van der Waals surface area contributed by atoms with Gasteiger partial charge in [-0.3, -0.25) is 0 Å². The Bertz CT molecular complexity index is 527. The summed E-state index contributed by atoms with van der Waals surface area (Å²) in [6.45, 7) is 7.24. The Morgan fingerprint density at radius 1 is 1.42 bits per heavy atom. The molecule has 0 amide bonds. The molecule has 2 heterocycles. The molecule has 104 valence electrons. The van der Waals surface area contributed by atoms with Crippen molar-refractivity contribution in [3.05, 3.63) is 24.0 Å². The van der Waals surface area contributed by atoms with Gasteiger partial charge in [-0.1, -0.05) is 13.3 Å². The molecule has 1 unspecified atom stereocenters. The largest absolute Gasteiger partial charge is 0.356 e. The van der Waals surface area contributed by atoms with Crippen molar-refractivity contribution in [2.75, 3.05) is 11.9 Å². The average Bonchev–Trinajstić information content (AvgIpc) is 2.95. The molecule has 6 heteroatoms. The quantitative estimate of drug-likeness (QED) is 0.810. The fourth-order valence-electron chi connectivity index (χ4n) is 2.11. The summed E-state index contributed by atoms with van der Waals surface area (Å²) in [7, 11) is 1.96. The van der Waals surface area contributed by atoms with Gasteiger partial charge in [0.05, 0.1) is 11.7 Å². The van der Waals surface area contributed by atoms with Gasteiger partial charge < -0.3 is 14.5 Å². The van der Waals surface area contributed by atoms with Gasteiger partial charge in [0.15, 0.2) is 5.82 Å². The topological polar surface area (TPSA) is 60.6 Å². The van der Waals surface area contributed by atoms with Crippen molar-refractivity contribution in [1.29, 1.82) is 0 Å². The molecule has 1 N–H and O–H groups in total. The highest BCUT2D eigenvalue weighted by molar-refractivity contribution is 5.30. The summed E-state index contributed by atoms with van der Waals surface area (Å²) in [5, 5.41) is 11.5. The zero-order valence-corrected chi connectivity index (χ0v) is 12.1. The van der Waals surface area contributed by atoms with E-state index in [1.165, 1.54) is 6.42 Å². The lowest BCUT2D eigenvalue weighted by Crippen LogP contribution is -2.15. The summed E-state index contributed by atoms with van der Waals surface area (Å²) in [6.07, 6.45) is 6.09. The van der Waals surface area contributed by atoms with E-state index >= 15 is 0 Å². The smallest absolute Gasteiger partial charge is 0.203 e. The second kappa shape index (κ2) is 5.86. The molecule has 0 radical (unpaired) electrons. The van der Waals surface area contributed by atoms with Gasteiger partial charge in [-0.2, -0.15) is 0 Å². The molecule has 0 aromatic carbocycles. The van der Waals surface area contributed by atoms with Crippen molar-refractivity contribution in [2.24, 2.45) is 7.05 Å². The zero-order valence-electron chi connectivity index (χ0n) is 12.1. The highest BCUT2D eigenvalue weighted by atomic mass is 15.3. The fourth-order valence-corrected chi connectivity index (χ4v) is 2.11. The number of rotatable bonds is 6. The number of anilines is 1. The van der Waals surface area contributed by atoms with Crippen LogP contribution in [0, 0.1) is 6.92 Å². The standard InChI is InChI=1S/C13H22N6/c1-5-6-7-14-13-16-10(2)8-19(13)11(3)12-17-15-9-18(12)4/h8-9,11H,5-7H2,1-4H3,(H,14,16). The number of imidazole rings is 1. The molecule has 6 nitrogen and oxygen atoms in total. The minimum absolute atomic E-state index is 0.109. The molecule has 0 aliphatic rings.